The Bertz CT molecular complexity index is 889. The van der Waals surface area contributed by atoms with E-state index < -0.39 is 5.82 Å². The number of nitrogens with zero attached hydrogens (tertiary/aromatic N) is 2. The van der Waals surface area contributed by atoms with Gasteiger partial charge >= 0.3 is 0 Å². The molecule has 2 aromatic heterocycles. The summed E-state index contributed by atoms with van der Waals surface area (Å²) in [4.78, 5) is 20.4. The summed E-state index contributed by atoms with van der Waals surface area (Å²) >= 11 is 5.71. The van der Waals surface area contributed by atoms with Gasteiger partial charge in [-0.1, -0.05) is 17.7 Å². The Morgan fingerprint density at radius 1 is 1.08 bits per heavy atom. The van der Waals surface area contributed by atoms with Crippen molar-refractivity contribution in [3.8, 4) is 0 Å². The summed E-state index contributed by atoms with van der Waals surface area (Å²) in [7, 11) is 0. The van der Waals surface area contributed by atoms with Crippen LogP contribution in [0.15, 0.2) is 61.2 Å². The van der Waals surface area contributed by atoms with Gasteiger partial charge in [0.1, 0.15) is 5.82 Å². The third-order valence-corrected chi connectivity index (χ3v) is 3.69. The normalized spacial score (nSPS) is 10.3. The first-order chi connectivity index (χ1) is 12.1. The van der Waals surface area contributed by atoms with E-state index in [-0.39, 0.29) is 10.9 Å². The monoisotopic (exact) mass is 356 g/mol. The van der Waals surface area contributed by atoms with Crippen molar-refractivity contribution in [2.24, 2.45) is 0 Å². The number of nitrogens with one attached hydrogen (secondary N) is 2. The molecule has 0 aliphatic carbocycles. The number of hydrogen-bond donors (Lipinski definition) is 2. The maximum absolute atomic E-state index is 13.2. The molecule has 0 saturated heterocycles. The molecular formula is C18H14ClFN4O. The van der Waals surface area contributed by atoms with Crippen molar-refractivity contribution in [2.45, 2.75) is 6.54 Å². The van der Waals surface area contributed by atoms with Gasteiger partial charge in [0, 0.05) is 37.0 Å². The van der Waals surface area contributed by atoms with Gasteiger partial charge in [0.05, 0.1) is 16.3 Å². The van der Waals surface area contributed by atoms with Gasteiger partial charge in [-0.05, 0) is 35.9 Å². The molecule has 1 amide bonds. The molecule has 5 nitrogen and oxygen atoms in total. The van der Waals surface area contributed by atoms with Crippen molar-refractivity contribution in [3.05, 3.63) is 83.2 Å². The molecule has 0 aliphatic heterocycles. The predicted octanol–water partition coefficient (Wildman–Crippen LogP) is 4.13. The Kier molecular flexibility index (Phi) is 5.20. The number of halogens is 2. The van der Waals surface area contributed by atoms with Crippen molar-refractivity contribution >= 4 is 28.9 Å². The van der Waals surface area contributed by atoms with Gasteiger partial charge in [0.25, 0.3) is 5.91 Å². The van der Waals surface area contributed by atoms with E-state index in [1.807, 2.05) is 12.1 Å². The second-order valence-corrected chi connectivity index (χ2v) is 5.67. The first-order valence-corrected chi connectivity index (χ1v) is 7.84. The van der Waals surface area contributed by atoms with Crippen molar-refractivity contribution < 1.29 is 9.18 Å². The smallest absolute Gasteiger partial charge is 0.257 e. The van der Waals surface area contributed by atoms with Gasteiger partial charge in [-0.25, -0.2) is 4.39 Å². The standard InChI is InChI=1S/C18H14ClFN4O/c19-16-7-14(3-4-17(16)20)24-18(25)13-6-15(11-22-10-13)23-9-12-2-1-5-21-8-12/h1-8,10-11,23H,9H2,(H,24,25). The first-order valence-electron chi connectivity index (χ1n) is 7.46. The van der Waals surface area contributed by atoms with Gasteiger partial charge in [-0.2, -0.15) is 0 Å². The average Bonchev–Trinajstić information content (AvgIpc) is 2.64. The minimum Gasteiger partial charge on any atom is -0.380 e. The van der Waals surface area contributed by atoms with Crippen LogP contribution in [0, 0.1) is 5.82 Å². The van der Waals surface area contributed by atoms with E-state index in [9.17, 15) is 9.18 Å². The van der Waals surface area contributed by atoms with Crippen LogP contribution in [0.5, 0.6) is 0 Å². The Morgan fingerprint density at radius 3 is 2.72 bits per heavy atom. The largest absolute Gasteiger partial charge is 0.380 e. The van der Waals surface area contributed by atoms with Crippen LogP contribution in [0.2, 0.25) is 5.02 Å². The predicted molar refractivity (Wildman–Crippen MR) is 95.2 cm³/mol. The molecule has 0 radical (unpaired) electrons. The Morgan fingerprint density at radius 2 is 1.96 bits per heavy atom. The lowest BCUT2D eigenvalue weighted by molar-refractivity contribution is 0.102. The zero-order valence-electron chi connectivity index (χ0n) is 13.0. The molecule has 0 bridgehead atoms. The first kappa shape index (κ1) is 16.9. The molecule has 3 rings (SSSR count). The molecule has 0 fully saturated rings. The second-order valence-electron chi connectivity index (χ2n) is 5.26. The lowest BCUT2D eigenvalue weighted by Gasteiger charge is -2.09. The highest BCUT2D eigenvalue weighted by molar-refractivity contribution is 6.31. The van der Waals surface area contributed by atoms with Crippen molar-refractivity contribution in [1.82, 2.24) is 9.97 Å². The molecule has 2 N–H and O–H groups in total. The molecular weight excluding hydrogens is 343 g/mol. The summed E-state index contributed by atoms with van der Waals surface area (Å²) < 4.78 is 13.2. The van der Waals surface area contributed by atoms with Crippen LogP contribution in [0.1, 0.15) is 15.9 Å². The fraction of sp³-hybridized carbons (Fsp3) is 0.0556. The van der Waals surface area contributed by atoms with E-state index >= 15 is 0 Å². The summed E-state index contributed by atoms with van der Waals surface area (Å²) in [6.45, 7) is 0.564. The van der Waals surface area contributed by atoms with Crippen LogP contribution in [0.3, 0.4) is 0 Å². The highest BCUT2D eigenvalue weighted by Gasteiger charge is 2.09. The molecule has 126 valence electrons. The number of hydrogen-bond acceptors (Lipinski definition) is 4. The lowest BCUT2D eigenvalue weighted by atomic mass is 10.2. The highest BCUT2D eigenvalue weighted by Crippen LogP contribution is 2.20. The van der Waals surface area contributed by atoms with Gasteiger partial charge in [0.15, 0.2) is 0 Å². The maximum Gasteiger partial charge on any atom is 0.257 e. The summed E-state index contributed by atoms with van der Waals surface area (Å²) in [6, 6.07) is 9.48. The highest BCUT2D eigenvalue weighted by atomic mass is 35.5. The van der Waals surface area contributed by atoms with Crippen LogP contribution in [-0.2, 0) is 6.54 Å². The van der Waals surface area contributed by atoms with E-state index in [1.165, 1.54) is 24.4 Å². The van der Waals surface area contributed by atoms with E-state index in [4.69, 9.17) is 11.6 Å². The minimum absolute atomic E-state index is 0.0530. The molecule has 3 aromatic rings. The molecule has 2 heterocycles. The molecule has 25 heavy (non-hydrogen) atoms. The number of rotatable bonds is 5. The van der Waals surface area contributed by atoms with Crippen molar-refractivity contribution in [3.63, 3.8) is 0 Å². The summed E-state index contributed by atoms with van der Waals surface area (Å²) in [6.07, 6.45) is 6.55. The Labute approximate surface area is 148 Å². The van der Waals surface area contributed by atoms with Gasteiger partial charge in [-0.3, -0.25) is 14.8 Å². The van der Waals surface area contributed by atoms with E-state index in [1.54, 1.807) is 24.7 Å². The lowest BCUT2D eigenvalue weighted by Crippen LogP contribution is -2.13. The molecule has 0 unspecified atom stereocenters. The van der Waals surface area contributed by atoms with Crippen LogP contribution >= 0.6 is 11.6 Å². The zero-order valence-corrected chi connectivity index (χ0v) is 13.8. The second kappa shape index (κ2) is 7.72. The third-order valence-electron chi connectivity index (χ3n) is 3.40. The summed E-state index contributed by atoms with van der Waals surface area (Å²) in [5, 5.41) is 5.79. The van der Waals surface area contributed by atoms with Gasteiger partial charge < -0.3 is 10.6 Å². The number of carbonyl (C=O) groups excluding carboxylic acids is 1. The fourth-order valence-electron chi connectivity index (χ4n) is 2.14. The maximum atomic E-state index is 13.2. The molecule has 0 aliphatic rings. The third kappa shape index (κ3) is 4.51. The Hall–Kier alpha value is -2.99. The number of anilines is 2. The molecule has 0 saturated carbocycles. The number of benzene rings is 1. The van der Waals surface area contributed by atoms with E-state index in [0.717, 1.165) is 5.56 Å². The number of carbonyl (C=O) groups is 1. The number of aromatic nitrogens is 2. The van der Waals surface area contributed by atoms with E-state index in [0.29, 0.717) is 23.5 Å². The number of amides is 1. The molecule has 7 heteroatoms. The Balaban J connectivity index is 1.67. The molecule has 0 spiro atoms. The van der Waals surface area contributed by atoms with Crippen LogP contribution in [0.25, 0.3) is 0 Å². The zero-order chi connectivity index (χ0) is 17.6. The molecule has 0 atom stereocenters. The van der Waals surface area contributed by atoms with Gasteiger partial charge in [-0.15, -0.1) is 0 Å². The van der Waals surface area contributed by atoms with E-state index in [2.05, 4.69) is 20.6 Å². The van der Waals surface area contributed by atoms with Crippen LogP contribution in [0.4, 0.5) is 15.8 Å². The summed E-state index contributed by atoms with van der Waals surface area (Å²) in [5.41, 5.74) is 2.49. The SMILES string of the molecule is O=C(Nc1ccc(F)c(Cl)c1)c1cncc(NCc2cccnc2)c1. The molecule has 1 aromatic carbocycles. The van der Waals surface area contributed by atoms with Crippen molar-refractivity contribution in [2.75, 3.05) is 10.6 Å². The average molecular weight is 357 g/mol. The fourth-order valence-corrected chi connectivity index (χ4v) is 2.33. The van der Waals surface area contributed by atoms with Crippen LogP contribution in [-0.4, -0.2) is 15.9 Å². The minimum atomic E-state index is -0.539. The quantitative estimate of drug-likeness (QED) is 0.721. The topological polar surface area (TPSA) is 66.9 Å². The van der Waals surface area contributed by atoms with Crippen molar-refractivity contribution in [1.29, 1.82) is 0 Å². The number of pyridine rings is 2. The van der Waals surface area contributed by atoms with Gasteiger partial charge in [0.2, 0.25) is 0 Å². The summed E-state index contributed by atoms with van der Waals surface area (Å²) in [5.74, 6) is -0.900. The van der Waals surface area contributed by atoms with Crippen LogP contribution < -0.4 is 10.6 Å².